The van der Waals surface area contributed by atoms with Crippen molar-refractivity contribution in [1.82, 2.24) is 15.3 Å². The van der Waals surface area contributed by atoms with Crippen molar-refractivity contribution in [3.8, 4) is 0 Å². The molecule has 1 saturated carbocycles. The predicted molar refractivity (Wildman–Crippen MR) is 134 cm³/mol. The van der Waals surface area contributed by atoms with Crippen molar-refractivity contribution >= 4 is 44.3 Å². The summed E-state index contributed by atoms with van der Waals surface area (Å²) < 4.78 is 13.2. The molecule has 0 aromatic carbocycles. The van der Waals surface area contributed by atoms with E-state index in [2.05, 4.69) is 59.3 Å². The van der Waals surface area contributed by atoms with Crippen LogP contribution in [-0.4, -0.2) is 37.3 Å². The summed E-state index contributed by atoms with van der Waals surface area (Å²) in [6.07, 6.45) is 11.9. The second-order valence-corrected chi connectivity index (χ2v) is 9.57. The fourth-order valence-electron chi connectivity index (χ4n) is 4.47. The second kappa shape index (κ2) is 12.6. The standard InChI is InChI=1S/C12H16BrNO.C11H15BrN2O.ClH/c1-15-12(7-3-2-4-8-12)10-5-6-11(13)14-9-10;1-15-11(4-6-13-7-5-11)9-2-3-10(12)14-8-9;/h5-6,9H,2-4,7-8H2,1H3;2-3,8,13H,4-7H2,1H3;1H. The van der Waals surface area contributed by atoms with Gasteiger partial charge in [-0.2, -0.15) is 0 Å². The first-order valence-corrected chi connectivity index (χ1v) is 12.2. The van der Waals surface area contributed by atoms with Crippen LogP contribution in [0.1, 0.15) is 56.1 Å². The molecule has 0 spiro atoms. The zero-order valence-electron chi connectivity index (χ0n) is 18.2. The van der Waals surface area contributed by atoms with Gasteiger partial charge >= 0.3 is 0 Å². The minimum absolute atomic E-state index is 0. The van der Waals surface area contributed by atoms with Gasteiger partial charge < -0.3 is 14.8 Å². The molecule has 31 heavy (non-hydrogen) atoms. The van der Waals surface area contributed by atoms with E-state index in [1.165, 1.54) is 30.4 Å². The third-order valence-corrected chi connectivity index (χ3v) is 7.30. The Labute approximate surface area is 208 Å². The first-order valence-electron chi connectivity index (χ1n) is 10.6. The first-order chi connectivity index (χ1) is 14.5. The van der Waals surface area contributed by atoms with Crippen molar-refractivity contribution < 1.29 is 9.47 Å². The minimum atomic E-state index is -0.140. The molecule has 172 valence electrons. The molecule has 0 atom stereocenters. The summed E-state index contributed by atoms with van der Waals surface area (Å²) in [6.45, 7) is 2.01. The van der Waals surface area contributed by atoms with Crippen LogP contribution in [0.15, 0.2) is 45.9 Å². The molecule has 0 unspecified atom stereocenters. The van der Waals surface area contributed by atoms with Crippen molar-refractivity contribution in [3.05, 3.63) is 57.0 Å². The highest BCUT2D eigenvalue weighted by Gasteiger charge is 2.34. The van der Waals surface area contributed by atoms with Crippen molar-refractivity contribution in [2.75, 3.05) is 27.3 Å². The molecule has 8 heteroatoms. The normalized spacial score (nSPS) is 19.5. The summed E-state index contributed by atoms with van der Waals surface area (Å²) in [7, 11) is 3.60. The average molecular weight is 578 g/mol. The van der Waals surface area contributed by atoms with Gasteiger partial charge in [0, 0.05) is 37.7 Å². The van der Waals surface area contributed by atoms with Gasteiger partial charge in [-0.25, -0.2) is 9.97 Å². The molecule has 5 nitrogen and oxygen atoms in total. The molecular weight excluding hydrogens is 546 g/mol. The Morgan fingerprint density at radius 3 is 1.58 bits per heavy atom. The molecule has 3 heterocycles. The maximum Gasteiger partial charge on any atom is 0.106 e. The molecule has 0 radical (unpaired) electrons. The van der Waals surface area contributed by atoms with Crippen LogP contribution in [0.5, 0.6) is 0 Å². The summed E-state index contributed by atoms with van der Waals surface area (Å²) in [5.74, 6) is 0. The molecule has 4 rings (SSSR count). The maximum absolute atomic E-state index is 5.75. The lowest BCUT2D eigenvalue weighted by molar-refractivity contribution is -0.0447. The predicted octanol–water partition coefficient (Wildman–Crippen LogP) is 6.14. The zero-order valence-corrected chi connectivity index (χ0v) is 22.2. The van der Waals surface area contributed by atoms with Crippen LogP contribution < -0.4 is 5.32 Å². The molecule has 2 aliphatic rings. The van der Waals surface area contributed by atoms with Gasteiger partial charge in [0.1, 0.15) is 9.21 Å². The second-order valence-electron chi connectivity index (χ2n) is 7.95. The number of rotatable bonds is 4. The topological polar surface area (TPSA) is 56.3 Å². The highest BCUT2D eigenvalue weighted by Crippen LogP contribution is 2.39. The van der Waals surface area contributed by atoms with Gasteiger partial charge in [-0.05, 0) is 82.8 Å². The van der Waals surface area contributed by atoms with E-state index in [0.29, 0.717) is 0 Å². The van der Waals surface area contributed by atoms with Gasteiger partial charge in [0.2, 0.25) is 0 Å². The van der Waals surface area contributed by atoms with Crippen LogP contribution in [0.4, 0.5) is 0 Å². The summed E-state index contributed by atoms with van der Waals surface area (Å²) in [6, 6.07) is 8.17. The van der Waals surface area contributed by atoms with E-state index in [4.69, 9.17) is 9.47 Å². The molecule has 1 N–H and O–H groups in total. The van der Waals surface area contributed by atoms with Crippen molar-refractivity contribution in [2.45, 2.75) is 56.1 Å². The number of hydrogen-bond acceptors (Lipinski definition) is 5. The fourth-order valence-corrected chi connectivity index (χ4v) is 4.93. The van der Waals surface area contributed by atoms with Crippen molar-refractivity contribution in [3.63, 3.8) is 0 Å². The van der Waals surface area contributed by atoms with E-state index in [1.54, 1.807) is 7.11 Å². The Morgan fingerprint density at radius 2 is 1.19 bits per heavy atom. The summed E-state index contributed by atoms with van der Waals surface area (Å²) in [4.78, 5) is 8.55. The lowest BCUT2D eigenvalue weighted by Gasteiger charge is -2.36. The molecular formula is C23H32Br2ClN3O2. The molecule has 0 amide bonds. The molecule has 1 aliphatic carbocycles. The van der Waals surface area contributed by atoms with Gasteiger partial charge in [0.15, 0.2) is 0 Å². The SMILES string of the molecule is COC1(c2ccc(Br)nc2)CCCCC1.COC1(c2ccc(Br)nc2)CCNCC1.Cl. The largest absolute Gasteiger partial charge is 0.373 e. The van der Waals surface area contributed by atoms with Crippen LogP contribution in [0.2, 0.25) is 0 Å². The summed E-state index contributed by atoms with van der Waals surface area (Å²) in [5.41, 5.74) is 2.17. The van der Waals surface area contributed by atoms with Gasteiger partial charge in [-0.15, -0.1) is 12.4 Å². The smallest absolute Gasteiger partial charge is 0.106 e. The van der Waals surface area contributed by atoms with Crippen molar-refractivity contribution in [1.29, 1.82) is 0 Å². The third kappa shape index (κ3) is 6.71. The van der Waals surface area contributed by atoms with Crippen LogP contribution in [0.3, 0.4) is 0 Å². The zero-order chi connectivity index (χ0) is 21.5. The number of nitrogens with zero attached hydrogens (tertiary/aromatic N) is 2. The Balaban J connectivity index is 0.000000213. The number of ether oxygens (including phenoxy) is 2. The lowest BCUT2D eigenvalue weighted by atomic mass is 9.80. The van der Waals surface area contributed by atoms with E-state index in [1.807, 2.05) is 31.6 Å². The van der Waals surface area contributed by atoms with Crippen LogP contribution in [0, 0.1) is 0 Å². The molecule has 1 aliphatic heterocycles. The van der Waals surface area contributed by atoms with E-state index >= 15 is 0 Å². The van der Waals surface area contributed by atoms with Gasteiger partial charge in [0.05, 0.1) is 11.2 Å². The Bertz CT molecular complexity index is 711. The number of hydrogen-bond donors (Lipinski definition) is 1. The number of halogens is 3. The number of nitrogens with one attached hydrogen (secondary N) is 1. The Hall–Kier alpha value is -0.570. The molecule has 0 bridgehead atoms. The number of aromatic nitrogens is 2. The average Bonchev–Trinajstić information content (AvgIpc) is 2.81. The van der Waals surface area contributed by atoms with Crippen molar-refractivity contribution in [2.24, 2.45) is 0 Å². The van der Waals surface area contributed by atoms with Gasteiger partial charge in [0.25, 0.3) is 0 Å². The summed E-state index contributed by atoms with van der Waals surface area (Å²) in [5, 5.41) is 3.35. The quantitative estimate of drug-likeness (QED) is 0.443. The van der Waals surface area contributed by atoms with E-state index in [-0.39, 0.29) is 23.6 Å². The number of piperidine rings is 1. The Kier molecular flexibility index (Phi) is 10.9. The minimum Gasteiger partial charge on any atom is -0.373 e. The Morgan fingerprint density at radius 1 is 0.742 bits per heavy atom. The highest BCUT2D eigenvalue weighted by atomic mass is 79.9. The van der Waals surface area contributed by atoms with Gasteiger partial charge in [-0.1, -0.05) is 31.4 Å². The maximum atomic E-state index is 5.75. The van der Waals surface area contributed by atoms with Crippen LogP contribution in [-0.2, 0) is 20.7 Å². The fraction of sp³-hybridized carbons (Fsp3) is 0.565. The van der Waals surface area contributed by atoms with E-state index < -0.39 is 0 Å². The molecule has 2 aromatic heterocycles. The highest BCUT2D eigenvalue weighted by molar-refractivity contribution is 9.10. The van der Waals surface area contributed by atoms with E-state index in [0.717, 1.165) is 48.0 Å². The molecule has 1 saturated heterocycles. The van der Waals surface area contributed by atoms with Crippen LogP contribution in [0.25, 0.3) is 0 Å². The summed E-state index contributed by atoms with van der Waals surface area (Å²) >= 11 is 6.70. The van der Waals surface area contributed by atoms with E-state index in [9.17, 15) is 0 Å². The number of methoxy groups -OCH3 is 2. The number of pyridine rings is 2. The molecule has 2 aromatic rings. The monoisotopic (exact) mass is 575 g/mol. The van der Waals surface area contributed by atoms with Crippen LogP contribution >= 0.6 is 44.3 Å². The lowest BCUT2D eigenvalue weighted by Crippen LogP contribution is -2.41. The first kappa shape index (κ1) is 26.7. The van der Waals surface area contributed by atoms with Gasteiger partial charge in [-0.3, -0.25) is 0 Å². The third-order valence-electron chi connectivity index (χ3n) is 6.36. The molecule has 2 fully saturated rings.